The molecule has 1 atom stereocenters. The number of nitrogens with zero attached hydrogens (tertiary/aromatic N) is 2. The number of hydrogen-bond donors (Lipinski definition) is 1. The molecule has 3 heteroatoms. The van der Waals surface area contributed by atoms with Crippen molar-refractivity contribution in [2.45, 2.75) is 25.7 Å². The SMILES string of the molecule is Cc1cc(-c2ccccc2)nc(C2CCCNC2)n1. The lowest BCUT2D eigenvalue weighted by Crippen LogP contribution is -2.29. The summed E-state index contributed by atoms with van der Waals surface area (Å²) in [6, 6.07) is 12.4. The third kappa shape index (κ3) is 2.82. The summed E-state index contributed by atoms with van der Waals surface area (Å²) < 4.78 is 0. The lowest BCUT2D eigenvalue weighted by atomic mass is 9.98. The molecule has 98 valence electrons. The number of benzene rings is 1. The Kier molecular flexibility index (Phi) is 3.56. The maximum absolute atomic E-state index is 4.78. The molecule has 1 aliphatic rings. The van der Waals surface area contributed by atoms with Crippen molar-refractivity contribution in [1.29, 1.82) is 0 Å². The van der Waals surface area contributed by atoms with Gasteiger partial charge in [0.25, 0.3) is 0 Å². The van der Waals surface area contributed by atoms with E-state index in [0.717, 1.165) is 35.9 Å². The summed E-state index contributed by atoms with van der Waals surface area (Å²) >= 11 is 0. The van der Waals surface area contributed by atoms with Crippen molar-refractivity contribution in [2.75, 3.05) is 13.1 Å². The van der Waals surface area contributed by atoms with Crippen LogP contribution in [0.1, 0.15) is 30.3 Å². The van der Waals surface area contributed by atoms with Crippen LogP contribution in [-0.2, 0) is 0 Å². The molecule has 1 unspecified atom stereocenters. The first-order valence-corrected chi connectivity index (χ1v) is 6.94. The topological polar surface area (TPSA) is 37.8 Å². The summed E-state index contributed by atoms with van der Waals surface area (Å²) in [5.41, 5.74) is 3.25. The van der Waals surface area contributed by atoms with Crippen LogP contribution in [0, 0.1) is 6.92 Å². The van der Waals surface area contributed by atoms with E-state index in [2.05, 4.69) is 40.6 Å². The Balaban J connectivity index is 1.96. The normalized spacial score (nSPS) is 19.3. The van der Waals surface area contributed by atoms with Crippen LogP contribution < -0.4 is 5.32 Å². The van der Waals surface area contributed by atoms with Gasteiger partial charge in [-0.15, -0.1) is 0 Å². The molecule has 0 spiro atoms. The molecular weight excluding hydrogens is 234 g/mol. The van der Waals surface area contributed by atoms with Gasteiger partial charge in [-0.05, 0) is 32.4 Å². The smallest absolute Gasteiger partial charge is 0.133 e. The standard InChI is InChI=1S/C16H19N3/c1-12-10-15(13-6-3-2-4-7-13)19-16(18-12)14-8-5-9-17-11-14/h2-4,6-7,10,14,17H,5,8-9,11H2,1H3. The van der Waals surface area contributed by atoms with Crippen molar-refractivity contribution >= 4 is 0 Å². The first-order valence-electron chi connectivity index (χ1n) is 6.94. The van der Waals surface area contributed by atoms with Gasteiger partial charge in [0.2, 0.25) is 0 Å². The summed E-state index contributed by atoms with van der Waals surface area (Å²) in [6.45, 7) is 4.17. The molecule has 1 N–H and O–H groups in total. The van der Waals surface area contributed by atoms with Gasteiger partial charge in [-0.3, -0.25) is 0 Å². The van der Waals surface area contributed by atoms with E-state index < -0.39 is 0 Å². The minimum Gasteiger partial charge on any atom is -0.316 e. The molecule has 0 radical (unpaired) electrons. The van der Waals surface area contributed by atoms with E-state index in [1.807, 2.05) is 13.0 Å². The average molecular weight is 253 g/mol. The van der Waals surface area contributed by atoms with Crippen molar-refractivity contribution < 1.29 is 0 Å². The third-order valence-electron chi connectivity index (χ3n) is 3.60. The van der Waals surface area contributed by atoms with E-state index in [1.165, 1.54) is 12.8 Å². The van der Waals surface area contributed by atoms with E-state index in [1.54, 1.807) is 0 Å². The van der Waals surface area contributed by atoms with Gasteiger partial charge in [-0.1, -0.05) is 30.3 Å². The minimum absolute atomic E-state index is 0.455. The van der Waals surface area contributed by atoms with E-state index in [-0.39, 0.29) is 0 Å². The van der Waals surface area contributed by atoms with Crippen LogP contribution in [0.3, 0.4) is 0 Å². The number of hydrogen-bond acceptors (Lipinski definition) is 3. The van der Waals surface area contributed by atoms with Crippen LogP contribution in [0.4, 0.5) is 0 Å². The van der Waals surface area contributed by atoms with Gasteiger partial charge < -0.3 is 5.32 Å². The Bertz CT molecular complexity index is 545. The number of piperidine rings is 1. The predicted molar refractivity (Wildman–Crippen MR) is 77.0 cm³/mol. The van der Waals surface area contributed by atoms with Gasteiger partial charge in [-0.25, -0.2) is 9.97 Å². The largest absolute Gasteiger partial charge is 0.316 e. The lowest BCUT2D eigenvalue weighted by Gasteiger charge is -2.22. The Morgan fingerprint density at radius 1 is 1.16 bits per heavy atom. The number of aryl methyl sites for hydroxylation is 1. The molecular formula is C16H19N3. The van der Waals surface area contributed by atoms with Gasteiger partial charge >= 0.3 is 0 Å². The average Bonchev–Trinajstić information content (AvgIpc) is 2.48. The highest BCUT2D eigenvalue weighted by atomic mass is 14.9. The van der Waals surface area contributed by atoms with Gasteiger partial charge in [0, 0.05) is 23.7 Å². The summed E-state index contributed by atoms with van der Waals surface area (Å²) in [5.74, 6) is 1.45. The zero-order valence-corrected chi connectivity index (χ0v) is 11.3. The molecule has 1 aromatic carbocycles. The molecule has 1 saturated heterocycles. The van der Waals surface area contributed by atoms with Crippen LogP contribution in [0.15, 0.2) is 36.4 Å². The van der Waals surface area contributed by atoms with Gasteiger partial charge in [0.15, 0.2) is 0 Å². The molecule has 0 bridgehead atoms. The zero-order valence-electron chi connectivity index (χ0n) is 11.3. The maximum Gasteiger partial charge on any atom is 0.133 e. The van der Waals surface area contributed by atoms with Crippen molar-refractivity contribution in [2.24, 2.45) is 0 Å². The van der Waals surface area contributed by atoms with E-state index in [9.17, 15) is 0 Å². The fourth-order valence-electron chi connectivity index (χ4n) is 2.60. The fourth-order valence-corrected chi connectivity index (χ4v) is 2.60. The first-order chi connectivity index (χ1) is 9.33. The third-order valence-corrected chi connectivity index (χ3v) is 3.60. The molecule has 1 fully saturated rings. The zero-order chi connectivity index (χ0) is 13.1. The molecule has 1 aromatic heterocycles. The summed E-state index contributed by atoms with van der Waals surface area (Å²) in [4.78, 5) is 9.41. The van der Waals surface area contributed by atoms with Gasteiger partial charge in [0.1, 0.15) is 5.82 Å². The molecule has 0 amide bonds. The van der Waals surface area contributed by atoms with Gasteiger partial charge in [-0.2, -0.15) is 0 Å². The van der Waals surface area contributed by atoms with Crippen molar-refractivity contribution in [3.63, 3.8) is 0 Å². The summed E-state index contributed by atoms with van der Waals surface area (Å²) in [6.07, 6.45) is 2.40. The van der Waals surface area contributed by atoms with Crippen LogP contribution >= 0.6 is 0 Å². The summed E-state index contributed by atoms with van der Waals surface area (Å²) in [7, 11) is 0. The fraction of sp³-hybridized carbons (Fsp3) is 0.375. The second kappa shape index (κ2) is 5.49. The molecule has 3 rings (SSSR count). The molecule has 2 heterocycles. The molecule has 1 aliphatic heterocycles. The Hall–Kier alpha value is -1.74. The molecule has 0 saturated carbocycles. The van der Waals surface area contributed by atoms with Crippen molar-refractivity contribution in [3.05, 3.63) is 47.9 Å². The van der Waals surface area contributed by atoms with E-state index >= 15 is 0 Å². The molecule has 19 heavy (non-hydrogen) atoms. The van der Waals surface area contributed by atoms with Crippen LogP contribution in [0.5, 0.6) is 0 Å². The monoisotopic (exact) mass is 253 g/mol. The minimum atomic E-state index is 0.455. The highest BCUT2D eigenvalue weighted by Crippen LogP contribution is 2.24. The first kappa shape index (κ1) is 12.3. The van der Waals surface area contributed by atoms with Crippen LogP contribution in [0.25, 0.3) is 11.3 Å². The molecule has 3 nitrogen and oxygen atoms in total. The highest BCUT2D eigenvalue weighted by Gasteiger charge is 2.18. The summed E-state index contributed by atoms with van der Waals surface area (Å²) in [5, 5.41) is 3.43. The molecule has 0 aliphatic carbocycles. The number of nitrogens with one attached hydrogen (secondary N) is 1. The lowest BCUT2D eigenvalue weighted by molar-refractivity contribution is 0.446. The van der Waals surface area contributed by atoms with Gasteiger partial charge in [0.05, 0.1) is 5.69 Å². The maximum atomic E-state index is 4.78. The molecule has 2 aromatic rings. The second-order valence-corrected chi connectivity index (χ2v) is 5.16. The van der Waals surface area contributed by atoms with Crippen LogP contribution in [-0.4, -0.2) is 23.1 Å². The Labute approximate surface area is 114 Å². The second-order valence-electron chi connectivity index (χ2n) is 5.16. The Morgan fingerprint density at radius 3 is 2.74 bits per heavy atom. The number of rotatable bonds is 2. The van der Waals surface area contributed by atoms with Crippen molar-refractivity contribution in [1.82, 2.24) is 15.3 Å². The predicted octanol–water partition coefficient (Wildman–Crippen LogP) is 2.92. The highest BCUT2D eigenvalue weighted by molar-refractivity contribution is 5.59. The van der Waals surface area contributed by atoms with Crippen molar-refractivity contribution in [3.8, 4) is 11.3 Å². The number of aromatic nitrogens is 2. The Morgan fingerprint density at radius 2 is 2.00 bits per heavy atom. The van der Waals surface area contributed by atoms with E-state index in [4.69, 9.17) is 4.98 Å². The van der Waals surface area contributed by atoms with Crippen LogP contribution in [0.2, 0.25) is 0 Å². The quantitative estimate of drug-likeness (QED) is 0.894. The van der Waals surface area contributed by atoms with E-state index in [0.29, 0.717) is 5.92 Å².